The van der Waals surface area contributed by atoms with Crippen LogP contribution in [0.3, 0.4) is 0 Å². The Hall–Kier alpha value is -3.68. The summed E-state index contributed by atoms with van der Waals surface area (Å²) in [5.41, 5.74) is 5.06. The lowest BCUT2D eigenvalue weighted by Gasteiger charge is -2.37. The number of carbonyl (C=O) groups excluding carboxylic acids is 2. The Morgan fingerprint density at radius 2 is 1.67 bits per heavy atom. The molecule has 0 aromatic heterocycles. The average molecular weight is 527 g/mol. The second-order valence-electron chi connectivity index (χ2n) is 10.9. The SMILES string of the molecule is O=C(C[C@H]1C[C@@H]2c3cc(NC(=O)CC4CC4)ccc3O[C@@H]2[C@H](CO)O1)NCc1ccc(-c2ccccc2)cc1. The van der Waals surface area contributed by atoms with Crippen LogP contribution in [0.2, 0.25) is 0 Å². The molecule has 202 valence electrons. The van der Waals surface area contributed by atoms with E-state index in [1.165, 1.54) is 0 Å². The molecule has 1 saturated heterocycles. The fourth-order valence-corrected chi connectivity index (χ4v) is 5.69. The molecule has 3 N–H and O–H groups in total. The van der Waals surface area contributed by atoms with E-state index in [-0.39, 0.29) is 43.0 Å². The number of hydrogen-bond donors (Lipinski definition) is 3. The van der Waals surface area contributed by atoms with Crippen molar-refractivity contribution in [3.8, 4) is 16.9 Å². The van der Waals surface area contributed by atoms with E-state index in [4.69, 9.17) is 9.47 Å². The minimum atomic E-state index is -0.521. The molecule has 4 atom stereocenters. The second kappa shape index (κ2) is 11.2. The molecule has 3 aliphatic rings. The van der Waals surface area contributed by atoms with Crippen molar-refractivity contribution in [3.63, 3.8) is 0 Å². The number of nitrogens with one attached hydrogen (secondary N) is 2. The Balaban J connectivity index is 1.06. The number of fused-ring (bicyclic) bond motifs is 3. The number of anilines is 1. The lowest BCUT2D eigenvalue weighted by molar-refractivity contribution is -0.142. The standard InChI is InChI=1S/C32H34N2O5/c35-19-29-32-27(26-15-24(12-13-28(26)39-32)34-31(37)14-20-6-7-20)16-25(38-29)17-30(36)33-18-21-8-10-23(11-9-21)22-4-2-1-3-5-22/h1-5,8-13,15,20,25,27,29,32,35H,6-7,14,16-19H2,(H,33,36)(H,34,37)/t25-,27-,29+,32+/m1/s1. The molecule has 0 radical (unpaired) electrons. The molecule has 39 heavy (non-hydrogen) atoms. The summed E-state index contributed by atoms with van der Waals surface area (Å²) < 4.78 is 12.3. The van der Waals surface area contributed by atoms with Crippen LogP contribution in [0, 0.1) is 5.92 Å². The largest absolute Gasteiger partial charge is 0.487 e. The molecule has 1 saturated carbocycles. The van der Waals surface area contributed by atoms with Gasteiger partial charge in [-0.2, -0.15) is 0 Å². The van der Waals surface area contributed by atoms with Gasteiger partial charge in [-0.05, 0) is 60.1 Å². The number of ether oxygens (including phenoxy) is 2. The van der Waals surface area contributed by atoms with Crippen molar-refractivity contribution in [1.82, 2.24) is 5.32 Å². The van der Waals surface area contributed by atoms with Crippen molar-refractivity contribution in [1.29, 1.82) is 0 Å². The Morgan fingerprint density at radius 3 is 2.41 bits per heavy atom. The highest BCUT2D eigenvalue weighted by molar-refractivity contribution is 5.91. The van der Waals surface area contributed by atoms with E-state index in [1.807, 2.05) is 48.5 Å². The predicted molar refractivity (Wildman–Crippen MR) is 148 cm³/mol. The lowest BCUT2D eigenvalue weighted by Crippen LogP contribution is -2.47. The van der Waals surface area contributed by atoms with Gasteiger partial charge in [0, 0.05) is 30.1 Å². The molecule has 3 aromatic rings. The first-order chi connectivity index (χ1) is 19.1. The van der Waals surface area contributed by atoms with Crippen LogP contribution in [0.15, 0.2) is 72.8 Å². The molecule has 0 unspecified atom stereocenters. The molecule has 6 rings (SSSR count). The van der Waals surface area contributed by atoms with E-state index in [0.717, 1.165) is 46.5 Å². The van der Waals surface area contributed by atoms with Crippen molar-refractivity contribution in [2.45, 2.75) is 62.9 Å². The van der Waals surface area contributed by atoms with Crippen LogP contribution in [-0.4, -0.2) is 41.8 Å². The fourth-order valence-electron chi connectivity index (χ4n) is 5.69. The number of rotatable bonds is 9. The van der Waals surface area contributed by atoms with Crippen LogP contribution in [0.1, 0.15) is 49.1 Å². The van der Waals surface area contributed by atoms with E-state index in [1.54, 1.807) is 0 Å². The first-order valence-corrected chi connectivity index (χ1v) is 13.8. The molecule has 2 aliphatic heterocycles. The van der Waals surface area contributed by atoms with E-state index in [9.17, 15) is 14.7 Å². The van der Waals surface area contributed by atoms with Gasteiger partial charge >= 0.3 is 0 Å². The van der Waals surface area contributed by atoms with Gasteiger partial charge in [-0.1, -0.05) is 54.6 Å². The van der Waals surface area contributed by atoms with Crippen molar-refractivity contribution < 1.29 is 24.2 Å². The first kappa shape index (κ1) is 25.6. The first-order valence-electron chi connectivity index (χ1n) is 13.8. The third kappa shape index (κ3) is 6.00. The molecule has 1 aliphatic carbocycles. The van der Waals surface area contributed by atoms with Gasteiger partial charge in [0.1, 0.15) is 18.0 Å². The summed E-state index contributed by atoms with van der Waals surface area (Å²) in [7, 11) is 0. The third-order valence-electron chi connectivity index (χ3n) is 7.92. The smallest absolute Gasteiger partial charge is 0.224 e. The Kier molecular flexibility index (Phi) is 7.35. The number of benzene rings is 3. The van der Waals surface area contributed by atoms with Gasteiger partial charge in [0.05, 0.1) is 19.1 Å². The maximum absolute atomic E-state index is 12.8. The maximum Gasteiger partial charge on any atom is 0.224 e. The van der Waals surface area contributed by atoms with E-state index in [2.05, 4.69) is 34.9 Å². The number of hydrogen-bond acceptors (Lipinski definition) is 5. The van der Waals surface area contributed by atoms with Gasteiger partial charge in [-0.3, -0.25) is 9.59 Å². The quantitative estimate of drug-likeness (QED) is 0.373. The van der Waals surface area contributed by atoms with Crippen LogP contribution in [0.25, 0.3) is 11.1 Å². The summed E-state index contributed by atoms with van der Waals surface area (Å²) in [5, 5.41) is 16.0. The Bertz CT molecular complexity index is 1320. The average Bonchev–Trinajstić information content (AvgIpc) is 3.70. The topological polar surface area (TPSA) is 96.9 Å². The number of aliphatic hydroxyl groups excluding tert-OH is 1. The van der Waals surface area contributed by atoms with E-state index >= 15 is 0 Å². The highest BCUT2D eigenvalue weighted by Gasteiger charge is 2.46. The van der Waals surface area contributed by atoms with Gasteiger partial charge < -0.3 is 25.2 Å². The van der Waals surface area contributed by atoms with Crippen LogP contribution >= 0.6 is 0 Å². The number of carbonyl (C=O) groups is 2. The van der Waals surface area contributed by atoms with Crippen LogP contribution in [0.5, 0.6) is 5.75 Å². The highest BCUT2D eigenvalue weighted by atomic mass is 16.6. The molecular weight excluding hydrogens is 492 g/mol. The summed E-state index contributed by atoms with van der Waals surface area (Å²) >= 11 is 0. The molecule has 7 nitrogen and oxygen atoms in total. The minimum Gasteiger partial charge on any atom is -0.487 e. The summed E-state index contributed by atoms with van der Waals surface area (Å²) in [6.07, 6.45) is 2.46. The summed E-state index contributed by atoms with van der Waals surface area (Å²) in [6.45, 7) is 0.248. The molecule has 2 amide bonds. The van der Waals surface area contributed by atoms with Gasteiger partial charge in [-0.15, -0.1) is 0 Å². The second-order valence-corrected chi connectivity index (χ2v) is 10.9. The monoisotopic (exact) mass is 526 g/mol. The zero-order valence-corrected chi connectivity index (χ0v) is 21.8. The molecule has 0 spiro atoms. The zero-order chi connectivity index (χ0) is 26.8. The Morgan fingerprint density at radius 1 is 0.897 bits per heavy atom. The van der Waals surface area contributed by atoms with Crippen LogP contribution in [-0.2, 0) is 20.9 Å². The fraction of sp³-hybridized carbons (Fsp3) is 0.375. The highest BCUT2D eigenvalue weighted by Crippen LogP contribution is 2.47. The van der Waals surface area contributed by atoms with Crippen molar-refractivity contribution in [2.75, 3.05) is 11.9 Å². The molecule has 2 heterocycles. The molecule has 3 aromatic carbocycles. The van der Waals surface area contributed by atoms with Gasteiger partial charge in [0.2, 0.25) is 11.8 Å². The summed E-state index contributed by atoms with van der Waals surface area (Å²) in [5.74, 6) is 1.19. The van der Waals surface area contributed by atoms with Gasteiger partial charge in [0.15, 0.2) is 0 Å². The summed E-state index contributed by atoms with van der Waals surface area (Å²) in [4.78, 5) is 25.2. The lowest BCUT2D eigenvalue weighted by atomic mass is 9.84. The molecule has 2 fully saturated rings. The predicted octanol–water partition coefficient (Wildman–Crippen LogP) is 4.79. The van der Waals surface area contributed by atoms with Crippen molar-refractivity contribution in [2.24, 2.45) is 5.92 Å². The number of aliphatic hydroxyl groups is 1. The van der Waals surface area contributed by atoms with E-state index < -0.39 is 6.10 Å². The molecule has 7 heteroatoms. The molecule has 0 bridgehead atoms. The summed E-state index contributed by atoms with van der Waals surface area (Å²) in [6, 6.07) is 24.1. The third-order valence-corrected chi connectivity index (χ3v) is 7.92. The van der Waals surface area contributed by atoms with E-state index in [0.29, 0.717) is 25.3 Å². The molecular formula is C32H34N2O5. The van der Waals surface area contributed by atoms with Gasteiger partial charge in [-0.25, -0.2) is 0 Å². The van der Waals surface area contributed by atoms with Crippen molar-refractivity contribution in [3.05, 3.63) is 83.9 Å². The number of amides is 2. The maximum atomic E-state index is 12.8. The van der Waals surface area contributed by atoms with Crippen molar-refractivity contribution >= 4 is 17.5 Å². The van der Waals surface area contributed by atoms with Crippen LogP contribution < -0.4 is 15.4 Å². The Labute approximate surface area is 228 Å². The minimum absolute atomic E-state index is 0.0190. The van der Waals surface area contributed by atoms with Gasteiger partial charge in [0.25, 0.3) is 0 Å². The van der Waals surface area contributed by atoms with Crippen LogP contribution in [0.4, 0.5) is 5.69 Å². The zero-order valence-electron chi connectivity index (χ0n) is 21.8. The normalized spacial score (nSPS) is 23.3.